The van der Waals surface area contributed by atoms with Gasteiger partial charge in [-0.15, -0.1) is 0 Å². The van der Waals surface area contributed by atoms with Gasteiger partial charge in [0.1, 0.15) is 24.1 Å². The van der Waals surface area contributed by atoms with Crippen molar-refractivity contribution in [3.63, 3.8) is 0 Å². The fourth-order valence-electron chi connectivity index (χ4n) is 1.58. The van der Waals surface area contributed by atoms with Crippen LogP contribution in [0.2, 0.25) is 0 Å². The maximum Gasteiger partial charge on any atom is 0.133 e. The van der Waals surface area contributed by atoms with Gasteiger partial charge >= 0.3 is 0 Å². The van der Waals surface area contributed by atoms with Gasteiger partial charge in [-0.1, -0.05) is 19.2 Å². The Balaban J connectivity index is 2.77. The van der Waals surface area contributed by atoms with Gasteiger partial charge in [0.2, 0.25) is 0 Å². The van der Waals surface area contributed by atoms with Crippen LogP contribution in [0.4, 0.5) is 0 Å². The van der Waals surface area contributed by atoms with Crippen LogP contribution in [0.25, 0.3) is 5.57 Å². The number of methoxy groups -OCH3 is 1. The molecule has 0 bridgehead atoms. The van der Waals surface area contributed by atoms with E-state index in [1.54, 1.807) is 13.3 Å². The lowest BCUT2D eigenvalue weighted by atomic mass is 10.0. The van der Waals surface area contributed by atoms with Crippen molar-refractivity contribution >= 4 is 11.8 Å². The Morgan fingerprint density at radius 1 is 1.40 bits per heavy atom. The van der Waals surface area contributed by atoms with E-state index in [0.717, 1.165) is 22.4 Å². The fourth-order valence-corrected chi connectivity index (χ4v) is 1.58. The third-order valence-electron chi connectivity index (χ3n) is 2.61. The van der Waals surface area contributed by atoms with Crippen molar-refractivity contribution in [2.75, 3.05) is 20.3 Å². The van der Waals surface area contributed by atoms with Crippen LogP contribution in [-0.4, -0.2) is 26.5 Å². The normalized spacial score (nSPS) is 10.2. The summed E-state index contributed by atoms with van der Waals surface area (Å²) in [7, 11) is 1.64. The molecular formula is C16H18N2O2. The van der Waals surface area contributed by atoms with Crippen molar-refractivity contribution in [2.24, 2.45) is 4.99 Å². The summed E-state index contributed by atoms with van der Waals surface area (Å²) in [4.78, 5) is 3.92. The first-order chi connectivity index (χ1) is 9.58. The van der Waals surface area contributed by atoms with Crippen LogP contribution in [0.15, 0.2) is 42.0 Å². The lowest BCUT2D eigenvalue weighted by Gasteiger charge is -2.10. The maximum absolute atomic E-state index is 8.59. The molecule has 20 heavy (non-hydrogen) atoms. The van der Waals surface area contributed by atoms with Crippen molar-refractivity contribution in [3.8, 4) is 11.8 Å². The van der Waals surface area contributed by atoms with Crippen LogP contribution in [0.1, 0.15) is 11.1 Å². The Morgan fingerprint density at radius 3 is 2.75 bits per heavy atom. The van der Waals surface area contributed by atoms with Crippen LogP contribution in [-0.2, 0) is 4.74 Å². The highest BCUT2D eigenvalue weighted by molar-refractivity contribution is 6.09. The average molecular weight is 270 g/mol. The number of allylic oxidation sites excluding steroid dienone is 2. The van der Waals surface area contributed by atoms with Gasteiger partial charge in [0.05, 0.1) is 6.61 Å². The average Bonchev–Trinajstić information content (AvgIpc) is 2.44. The first-order valence-electron chi connectivity index (χ1n) is 6.13. The minimum absolute atomic E-state index is 0.156. The van der Waals surface area contributed by atoms with Crippen LogP contribution >= 0.6 is 0 Å². The van der Waals surface area contributed by atoms with Crippen LogP contribution in [0, 0.1) is 18.3 Å². The highest BCUT2D eigenvalue weighted by Gasteiger charge is 2.03. The zero-order valence-corrected chi connectivity index (χ0v) is 11.8. The monoisotopic (exact) mass is 270 g/mol. The van der Waals surface area contributed by atoms with E-state index in [1.165, 1.54) is 0 Å². The van der Waals surface area contributed by atoms with Crippen molar-refractivity contribution in [2.45, 2.75) is 6.92 Å². The van der Waals surface area contributed by atoms with Crippen LogP contribution in [0.3, 0.4) is 0 Å². The molecule has 0 amide bonds. The summed E-state index contributed by atoms with van der Waals surface area (Å²) in [6.07, 6.45) is 1.54. The number of rotatable bonds is 7. The van der Waals surface area contributed by atoms with Gasteiger partial charge in [0, 0.05) is 13.3 Å². The Labute approximate surface area is 119 Å². The van der Waals surface area contributed by atoms with Gasteiger partial charge in [0.25, 0.3) is 0 Å². The molecule has 4 nitrogen and oxygen atoms in total. The van der Waals surface area contributed by atoms with Gasteiger partial charge in [0.15, 0.2) is 0 Å². The molecule has 0 aliphatic rings. The van der Waals surface area contributed by atoms with E-state index in [2.05, 4.69) is 18.2 Å². The van der Waals surface area contributed by atoms with E-state index in [-0.39, 0.29) is 5.70 Å². The van der Waals surface area contributed by atoms with E-state index < -0.39 is 0 Å². The first-order valence-corrected chi connectivity index (χ1v) is 6.13. The Morgan fingerprint density at radius 2 is 2.15 bits per heavy atom. The largest absolute Gasteiger partial charge is 0.491 e. The second-order valence-electron chi connectivity index (χ2n) is 4.16. The summed E-state index contributed by atoms with van der Waals surface area (Å²) in [5, 5.41) is 8.59. The summed E-state index contributed by atoms with van der Waals surface area (Å²) < 4.78 is 10.5. The van der Waals surface area contributed by atoms with Gasteiger partial charge in [-0.05, 0) is 35.8 Å². The molecule has 1 aromatic carbocycles. The third kappa shape index (κ3) is 4.71. The van der Waals surface area contributed by atoms with E-state index in [4.69, 9.17) is 14.7 Å². The highest BCUT2D eigenvalue weighted by atomic mass is 16.5. The molecule has 0 spiro atoms. The molecule has 0 saturated carbocycles. The van der Waals surface area contributed by atoms with Gasteiger partial charge in [-0.25, -0.2) is 4.99 Å². The molecule has 0 unspecified atom stereocenters. The Hall–Kier alpha value is -2.38. The van der Waals surface area contributed by atoms with E-state index >= 15 is 0 Å². The molecule has 0 saturated heterocycles. The molecule has 1 aromatic rings. The zero-order chi connectivity index (χ0) is 15.0. The van der Waals surface area contributed by atoms with E-state index in [9.17, 15) is 0 Å². The molecule has 1 rings (SSSR count). The van der Waals surface area contributed by atoms with Gasteiger partial charge in [-0.2, -0.15) is 5.26 Å². The summed E-state index contributed by atoms with van der Waals surface area (Å²) >= 11 is 0. The minimum Gasteiger partial charge on any atom is -0.491 e. The van der Waals surface area contributed by atoms with Crippen molar-refractivity contribution in [1.82, 2.24) is 0 Å². The predicted molar refractivity (Wildman–Crippen MR) is 80.8 cm³/mol. The van der Waals surface area contributed by atoms with Crippen molar-refractivity contribution in [1.29, 1.82) is 5.26 Å². The molecule has 0 radical (unpaired) electrons. The van der Waals surface area contributed by atoms with E-state index in [1.807, 2.05) is 31.2 Å². The zero-order valence-electron chi connectivity index (χ0n) is 11.8. The van der Waals surface area contributed by atoms with Crippen LogP contribution in [0.5, 0.6) is 5.75 Å². The SMILES string of the molecule is C=C(C#N)/N=C/C(=C)c1ccc(OCCOC)cc1C. The molecule has 4 heteroatoms. The number of aliphatic imine (C=N–C) groups is 1. The molecule has 0 atom stereocenters. The number of hydrogen-bond donors (Lipinski definition) is 0. The van der Waals surface area contributed by atoms with E-state index in [0.29, 0.717) is 13.2 Å². The van der Waals surface area contributed by atoms with Crippen LogP contribution < -0.4 is 4.74 Å². The molecular weight excluding hydrogens is 252 g/mol. The van der Waals surface area contributed by atoms with Crippen molar-refractivity contribution < 1.29 is 9.47 Å². The summed E-state index contributed by atoms with van der Waals surface area (Å²) in [6, 6.07) is 7.58. The highest BCUT2D eigenvalue weighted by Crippen LogP contribution is 2.22. The first kappa shape index (κ1) is 15.7. The fraction of sp³-hybridized carbons (Fsp3) is 0.250. The van der Waals surface area contributed by atoms with Gasteiger partial charge in [-0.3, -0.25) is 0 Å². The number of ether oxygens (including phenoxy) is 2. The van der Waals surface area contributed by atoms with Gasteiger partial charge < -0.3 is 9.47 Å². The molecule has 0 N–H and O–H groups in total. The summed E-state index contributed by atoms with van der Waals surface area (Å²) in [5.41, 5.74) is 2.86. The standard InChI is InChI=1S/C16H18N2O2/c1-12-9-15(20-8-7-19-4)5-6-16(12)13(2)11-18-14(3)10-17/h5-6,9,11H,2-3,7-8H2,1,4H3/b18-11+. The summed E-state index contributed by atoms with van der Waals surface area (Å²) in [5.74, 6) is 0.787. The molecule has 104 valence electrons. The Kier molecular flexibility index (Phi) is 6.21. The lowest BCUT2D eigenvalue weighted by Crippen LogP contribution is -2.04. The number of benzene rings is 1. The minimum atomic E-state index is 0.156. The molecule has 0 heterocycles. The smallest absolute Gasteiger partial charge is 0.133 e. The number of nitrogens with zero attached hydrogens (tertiary/aromatic N) is 2. The predicted octanol–water partition coefficient (Wildman–Crippen LogP) is 3.14. The molecule has 0 aromatic heterocycles. The molecule has 0 aliphatic heterocycles. The molecule has 0 aliphatic carbocycles. The Bertz CT molecular complexity index is 568. The lowest BCUT2D eigenvalue weighted by molar-refractivity contribution is 0.146. The summed E-state index contributed by atoms with van der Waals surface area (Å²) in [6.45, 7) is 10.5. The molecule has 0 fully saturated rings. The topological polar surface area (TPSA) is 54.6 Å². The number of aryl methyl sites for hydroxylation is 1. The maximum atomic E-state index is 8.59. The number of hydrogen-bond acceptors (Lipinski definition) is 4. The van der Waals surface area contributed by atoms with Crippen molar-refractivity contribution in [3.05, 3.63) is 48.2 Å². The second-order valence-corrected chi connectivity index (χ2v) is 4.16. The quantitative estimate of drug-likeness (QED) is 0.434. The second kappa shape index (κ2) is 7.93. The third-order valence-corrected chi connectivity index (χ3v) is 2.61. The number of nitriles is 1.